The summed E-state index contributed by atoms with van der Waals surface area (Å²) in [5.41, 5.74) is 2.66. The molecule has 240 valence electrons. The van der Waals surface area contributed by atoms with E-state index >= 15 is 0 Å². The van der Waals surface area contributed by atoms with Gasteiger partial charge in [-0.15, -0.1) is 5.10 Å². The van der Waals surface area contributed by atoms with E-state index in [1.807, 2.05) is 65.6 Å². The molecule has 2 aliphatic heterocycles. The maximum atomic E-state index is 12.9. The van der Waals surface area contributed by atoms with Crippen molar-refractivity contribution in [2.45, 2.75) is 89.8 Å². The molecule has 0 saturated carbocycles. The van der Waals surface area contributed by atoms with E-state index in [4.69, 9.17) is 18.9 Å². The van der Waals surface area contributed by atoms with Gasteiger partial charge in [-0.1, -0.05) is 24.7 Å². The zero-order valence-electron chi connectivity index (χ0n) is 26.8. The molecule has 2 saturated heterocycles. The highest BCUT2D eigenvalue weighted by atomic mass is 28.3. The molecule has 6 rings (SSSR count). The molecule has 0 spiro atoms. The highest BCUT2D eigenvalue weighted by Crippen LogP contribution is 2.33. The van der Waals surface area contributed by atoms with Crippen LogP contribution in [0.4, 0.5) is 4.79 Å². The molecule has 3 atom stereocenters. The van der Waals surface area contributed by atoms with E-state index in [2.05, 4.69) is 45.0 Å². The molecule has 13 nitrogen and oxygen atoms in total. The van der Waals surface area contributed by atoms with Crippen LogP contribution in [0.2, 0.25) is 25.7 Å². The van der Waals surface area contributed by atoms with Gasteiger partial charge in [0.1, 0.15) is 24.1 Å². The standard InChI is InChI=1S/C31H42N8O5Si/c1-31(2,3)44-30(40)39-21-14-23(15-22(39)19-42-18-21)43-29-32-17-26(35-36-29)24-8-9-27(37-11-7-10-33-37)28-25(24)16-34-38(28)20-41-12-13-45(4,5)6/h7-11,16-17,21-23H,12-15,18-20H2,1-6H3/t21-,22+,23?. The maximum absolute atomic E-state index is 12.9. The molecule has 3 aromatic heterocycles. The number of ether oxygens (including phenoxy) is 4. The number of benzene rings is 1. The van der Waals surface area contributed by atoms with Crippen LogP contribution in [0, 0.1) is 0 Å². The van der Waals surface area contributed by atoms with E-state index in [1.165, 1.54) is 0 Å². The van der Waals surface area contributed by atoms with Crippen LogP contribution in [-0.4, -0.2) is 97.4 Å². The van der Waals surface area contributed by atoms with Gasteiger partial charge in [0.15, 0.2) is 0 Å². The van der Waals surface area contributed by atoms with E-state index in [-0.39, 0.29) is 30.3 Å². The predicted octanol–water partition coefficient (Wildman–Crippen LogP) is 4.93. The van der Waals surface area contributed by atoms with Gasteiger partial charge in [-0.2, -0.15) is 10.2 Å². The molecule has 2 fully saturated rings. The summed E-state index contributed by atoms with van der Waals surface area (Å²) in [6, 6.07) is 6.87. The summed E-state index contributed by atoms with van der Waals surface area (Å²) in [7, 11) is -1.21. The zero-order chi connectivity index (χ0) is 31.8. The maximum Gasteiger partial charge on any atom is 0.410 e. The molecule has 0 radical (unpaired) electrons. The van der Waals surface area contributed by atoms with E-state index in [1.54, 1.807) is 12.4 Å². The van der Waals surface area contributed by atoms with Gasteiger partial charge in [-0.05, 0) is 45.0 Å². The van der Waals surface area contributed by atoms with Gasteiger partial charge in [0.05, 0.1) is 48.9 Å². The summed E-state index contributed by atoms with van der Waals surface area (Å²) >= 11 is 0. The lowest BCUT2D eigenvalue weighted by molar-refractivity contribution is -0.100. The summed E-state index contributed by atoms with van der Waals surface area (Å²) in [6.45, 7) is 14.5. The summed E-state index contributed by atoms with van der Waals surface area (Å²) in [6.07, 6.45) is 7.86. The summed E-state index contributed by atoms with van der Waals surface area (Å²) < 4.78 is 27.3. The quantitative estimate of drug-likeness (QED) is 0.184. The molecular weight excluding hydrogens is 592 g/mol. The highest BCUT2D eigenvalue weighted by molar-refractivity contribution is 6.76. The lowest BCUT2D eigenvalue weighted by Gasteiger charge is -2.47. The Labute approximate surface area is 263 Å². The molecule has 2 aliphatic rings. The van der Waals surface area contributed by atoms with Crippen LogP contribution >= 0.6 is 0 Å². The molecule has 45 heavy (non-hydrogen) atoms. The van der Waals surface area contributed by atoms with Gasteiger partial charge >= 0.3 is 12.1 Å². The van der Waals surface area contributed by atoms with Crippen molar-refractivity contribution in [3.05, 3.63) is 43.0 Å². The second-order valence-corrected chi connectivity index (χ2v) is 19.5. The Kier molecular flexibility index (Phi) is 8.63. The van der Waals surface area contributed by atoms with Crippen molar-refractivity contribution in [3.63, 3.8) is 0 Å². The van der Waals surface area contributed by atoms with Crippen LogP contribution in [0.25, 0.3) is 27.8 Å². The van der Waals surface area contributed by atoms with Gasteiger partial charge in [-0.3, -0.25) is 4.90 Å². The Morgan fingerprint density at radius 1 is 1.07 bits per heavy atom. The minimum absolute atomic E-state index is 0.137. The fraction of sp³-hybridized carbons (Fsp3) is 0.548. The zero-order valence-corrected chi connectivity index (χ0v) is 27.8. The minimum atomic E-state index is -1.21. The molecule has 1 amide bonds. The van der Waals surface area contributed by atoms with Gasteiger partial charge in [0, 0.05) is 50.9 Å². The van der Waals surface area contributed by atoms with Crippen LogP contribution < -0.4 is 4.74 Å². The van der Waals surface area contributed by atoms with Crippen LogP contribution in [0.5, 0.6) is 6.01 Å². The molecule has 1 aromatic carbocycles. The van der Waals surface area contributed by atoms with Crippen molar-refractivity contribution >= 4 is 25.1 Å². The molecule has 4 aromatic rings. The number of carbonyl (C=O) groups is 1. The van der Waals surface area contributed by atoms with Gasteiger partial charge in [0.2, 0.25) is 0 Å². The molecule has 1 unspecified atom stereocenters. The first kappa shape index (κ1) is 31.1. The molecule has 2 bridgehead atoms. The van der Waals surface area contributed by atoms with E-state index < -0.39 is 13.7 Å². The number of amides is 1. The number of rotatable bonds is 9. The Hall–Kier alpha value is -3.88. The fourth-order valence-corrected chi connectivity index (χ4v) is 6.55. The minimum Gasteiger partial charge on any atom is -0.459 e. The number of morpholine rings is 1. The second-order valence-electron chi connectivity index (χ2n) is 13.9. The smallest absolute Gasteiger partial charge is 0.410 e. The molecule has 14 heteroatoms. The molecule has 0 aliphatic carbocycles. The molecular formula is C31H42N8O5Si. The lowest BCUT2D eigenvalue weighted by Crippen LogP contribution is -2.61. The number of nitrogens with zero attached hydrogens (tertiary/aromatic N) is 8. The van der Waals surface area contributed by atoms with Crippen LogP contribution in [-0.2, 0) is 20.9 Å². The van der Waals surface area contributed by atoms with E-state index in [9.17, 15) is 4.79 Å². The summed E-state index contributed by atoms with van der Waals surface area (Å²) in [5, 5.41) is 18.8. The van der Waals surface area contributed by atoms with Crippen molar-refractivity contribution in [2.24, 2.45) is 0 Å². The Balaban J connectivity index is 1.19. The third-order valence-electron chi connectivity index (χ3n) is 7.91. The topological polar surface area (TPSA) is 132 Å². The first-order valence-electron chi connectivity index (χ1n) is 15.5. The largest absolute Gasteiger partial charge is 0.459 e. The average Bonchev–Trinajstić information content (AvgIpc) is 3.65. The van der Waals surface area contributed by atoms with Crippen LogP contribution in [0.15, 0.2) is 43.0 Å². The van der Waals surface area contributed by atoms with Gasteiger partial charge in [0.25, 0.3) is 0 Å². The number of hydrogen-bond donors (Lipinski definition) is 0. The number of hydrogen-bond acceptors (Lipinski definition) is 10. The van der Waals surface area contributed by atoms with Crippen molar-refractivity contribution in [2.75, 3.05) is 19.8 Å². The summed E-state index contributed by atoms with van der Waals surface area (Å²) in [4.78, 5) is 19.2. The van der Waals surface area contributed by atoms with E-state index in [0.717, 1.165) is 28.2 Å². The predicted molar refractivity (Wildman–Crippen MR) is 170 cm³/mol. The second kappa shape index (κ2) is 12.5. The van der Waals surface area contributed by atoms with Gasteiger partial charge in [-0.25, -0.2) is 19.1 Å². The number of piperidine rings is 1. The monoisotopic (exact) mass is 634 g/mol. The lowest BCUT2D eigenvalue weighted by atomic mass is 9.92. The van der Waals surface area contributed by atoms with Crippen LogP contribution in [0.1, 0.15) is 33.6 Å². The fourth-order valence-electron chi connectivity index (χ4n) is 5.80. The third kappa shape index (κ3) is 7.18. The average molecular weight is 635 g/mol. The van der Waals surface area contributed by atoms with Crippen molar-refractivity contribution < 1.29 is 23.7 Å². The van der Waals surface area contributed by atoms with Crippen molar-refractivity contribution in [3.8, 4) is 23.0 Å². The first-order chi connectivity index (χ1) is 21.4. The molecule has 0 N–H and O–H groups in total. The third-order valence-corrected chi connectivity index (χ3v) is 9.62. The Bertz CT molecular complexity index is 1600. The van der Waals surface area contributed by atoms with Crippen molar-refractivity contribution in [1.29, 1.82) is 0 Å². The number of carbonyl (C=O) groups excluding carboxylic acids is 1. The van der Waals surface area contributed by atoms with Crippen LogP contribution in [0.3, 0.4) is 0 Å². The molecule has 5 heterocycles. The van der Waals surface area contributed by atoms with Crippen molar-refractivity contribution in [1.82, 2.24) is 39.6 Å². The normalized spacial score (nSPS) is 20.4. The number of fused-ring (bicyclic) bond motifs is 3. The SMILES string of the molecule is CC(C)(C)OC(=O)N1[C@@H]2COC[C@H]1CC(Oc1ncc(-c3ccc(-n4cccn4)c4c3cnn4COCC[Si](C)(C)C)nn1)C2. The highest BCUT2D eigenvalue weighted by Gasteiger charge is 2.44. The number of aromatic nitrogens is 7. The summed E-state index contributed by atoms with van der Waals surface area (Å²) in [5.74, 6) is 0. The first-order valence-corrected chi connectivity index (χ1v) is 19.2. The van der Waals surface area contributed by atoms with E-state index in [0.29, 0.717) is 45.1 Å². The Morgan fingerprint density at radius 2 is 1.84 bits per heavy atom. The van der Waals surface area contributed by atoms with Gasteiger partial charge < -0.3 is 18.9 Å². The Morgan fingerprint density at radius 3 is 2.49 bits per heavy atom.